The van der Waals surface area contributed by atoms with Gasteiger partial charge >= 0.3 is 0 Å². The first-order valence-corrected chi connectivity index (χ1v) is 1.83. The van der Waals surface area contributed by atoms with Gasteiger partial charge in [0.05, 0.1) is 12.5 Å². The molecule has 0 radical (unpaired) electrons. The molecule has 0 atom stereocenters. The zero-order chi connectivity index (χ0) is 5.70. The standard InChI is InChI=1S/C5H5NO/c1-2-5(7)3-4-6/h2H,1,3H2. The van der Waals surface area contributed by atoms with E-state index in [1.165, 1.54) is 0 Å². The Morgan fingerprint density at radius 2 is 2.57 bits per heavy atom. The predicted molar refractivity (Wildman–Crippen MR) is 25.4 cm³/mol. The van der Waals surface area contributed by atoms with Crippen molar-refractivity contribution in [3.63, 3.8) is 0 Å². The molecule has 0 unspecified atom stereocenters. The number of nitriles is 1. The molecule has 0 bridgehead atoms. The first-order valence-electron chi connectivity index (χ1n) is 1.83. The Morgan fingerprint density at radius 3 is 2.71 bits per heavy atom. The second kappa shape index (κ2) is 3.10. The van der Waals surface area contributed by atoms with Crippen molar-refractivity contribution in [1.82, 2.24) is 0 Å². The highest BCUT2D eigenvalue weighted by molar-refractivity contribution is 5.90. The van der Waals surface area contributed by atoms with Gasteiger partial charge in [-0.2, -0.15) is 5.26 Å². The van der Waals surface area contributed by atoms with Crippen LogP contribution in [0, 0.1) is 11.3 Å². The molecule has 0 aliphatic rings. The molecule has 2 nitrogen and oxygen atoms in total. The summed E-state index contributed by atoms with van der Waals surface area (Å²) in [7, 11) is 0. The Kier molecular flexibility index (Phi) is 2.62. The van der Waals surface area contributed by atoms with E-state index in [2.05, 4.69) is 6.58 Å². The molecule has 0 rings (SSSR count). The van der Waals surface area contributed by atoms with E-state index in [-0.39, 0.29) is 12.2 Å². The first-order chi connectivity index (χ1) is 3.31. The smallest absolute Gasteiger partial charge is 0.169 e. The lowest BCUT2D eigenvalue weighted by Crippen LogP contribution is -1.85. The Bertz CT molecular complexity index is 121. The summed E-state index contributed by atoms with van der Waals surface area (Å²) >= 11 is 0. The number of hydrogen-bond donors (Lipinski definition) is 0. The summed E-state index contributed by atoms with van der Waals surface area (Å²) in [6.07, 6.45) is 1.09. The molecule has 0 aromatic rings. The van der Waals surface area contributed by atoms with E-state index in [0.29, 0.717) is 0 Å². The van der Waals surface area contributed by atoms with Gasteiger partial charge in [0.2, 0.25) is 0 Å². The quantitative estimate of drug-likeness (QED) is 0.472. The highest BCUT2D eigenvalue weighted by Crippen LogP contribution is 1.77. The summed E-state index contributed by atoms with van der Waals surface area (Å²) in [4.78, 5) is 10.1. The van der Waals surface area contributed by atoms with Crippen molar-refractivity contribution >= 4 is 5.78 Å². The van der Waals surface area contributed by atoms with E-state index in [4.69, 9.17) is 5.26 Å². The lowest BCUT2D eigenvalue weighted by atomic mass is 10.3. The van der Waals surface area contributed by atoms with Gasteiger partial charge in [-0.25, -0.2) is 0 Å². The van der Waals surface area contributed by atoms with E-state index < -0.39 is 0 Å². The van der Waals surface area contributed by atoms with E-state index in [1.807, 2.05) is 0 Å². The van der Waals surface area contributed by atoms with Crippen LogP contribution in [0.25, 0.3) is 0 Å². The van der Waals surface area contributed by atoms with Gasteiger partial charge in [0.1, 0.15) is 0 Å². The maximum absolute atomic E-state index is 10.1. The summed E-state index contributed by atoms with van der Waals surface area (Å²) in [5.41, 5.74) is 0. The molecule has 0 spiro atoms. The second-order valence-electron chi connectivity index (χ2n) is 1.01. The number of rotatable bonds is 2. The number of nitrogens with zero attached hydrogens (tertiary/aromatic N) is 1. The van der Waals surface area contributed by atoms with Gasteiger partial charge in [-0.1, -0.05) is 6.58 Å². The molecule has 0 fully saturated rings. The molecule has 0 heterocycles. The van der Waals surface area contributed by atoms with Gasteiger partial charge in [0.15, 0.2) is 5.78 Å². The number of carbonyl (C=O) groups is 1. The normalized spacial score (nSPS) is 6.71. The van der Waals surface area contributed by atoms with Crippen molar-refractivity contribution in [2.24, 2.45) is 0 Å². The summed E-state index contributed by atoms with van der Waals surface area (Å²) in [5, 5.41) is 7.85. The van der Waals surface area contributed by atoms with Crippen LogP contribution in [-0.2, 0) is 4.79 Å². The summed E-state index contributed by atoms with van der Waals surface area (Å²) in [5.74, 6) is -0.220. The van der Waals surface area contributed by atoms with Crippen LogP contribution in [-0.4, -0.2) is 5.78 Å². The minimum Gasteiger partial charge on any atom is -0.294 e. The molecule has 0 amide bonds. The average molecular weight is 95.1 g/mol. The largest absolute Gasteiger partial charge is 0.294 e. The lowest BCUT2D eigenvalue weighted by Gasteiger charge is -1.73. The van der Waals surface area contributed by atoms with Crippen LogP contribution in [0.2, 0.25) is 0 Å². The Morgan fingerprint density at radius 1 is 2.00 bits per heavy atom. The Hall–Kier alpha value is -1.10. The number of hydrogen-bond acceptors (Lipinski definition) is 2. The summed E-state index contributed by atoms with van der Waals surface area (Å²) in [6.45, 7) is 3.18. The third kappa shape index (κ3) is 2.71. The van der Waals surface area contributed by atoms with E-state index in [9.17, 15) is 4.79 Å². The maximum Gasteiger partial charge on any atom is 0.169 e. The van der Waals surface area contributed by atoms with Crippen molar-refractivity contribution in [2.45, 2.75) is 6.42 Å². The van der Waals surface area contributed by atoms with Crippen LogP contribution in [0.4, 0.5) is 0 Å². The maximum atomic E-state index is 10.1. The molecule has 0 saturated carbocycles. The average Bonchev–Trinajstić information content (AvgIpc) is 1.68. The lowest BCUT2D eigenvalue weighted by molar-refractivity contribution is -0.113. The van der Waals surface area contributed by atoms with E-state index in [1.54, 1.807) is 6.07 Å². The number of carbonyl (C=O) groups excluding carboxylic acids is 1. The van der Waals surface area contributed by atoms with Gasteiger partial charge in [-0.05, 0) is 6.08 Å². The predicted octanol–water partition coefficient (Wildman–Crippen LogP) is 0.655. The molecular weight excluding hydrogens is 90.1 g/mol. The zero-order valence-electron chi connectivity index (χ0n) is 3.85. The van der Waals surface area contributed by atoms with Gasteiger partial charge in [-0.3, -0.25) is 4.79 Å². The van der Waals surface area contributed by atoms with Gasteiger partial charge in [-0.15, -0.1) is 0 Å². The molecule has 0 N–H and O–H groups in total. The van der Waals surface area contributed by atoms with Crippen molar-refractivity contribution in [3.05, 3.63) is 12.7 Å². The topological polar surface area (TPSA) is 40.9 Å². The Labute approximate surface area is 42.1 Å². The van der Waals surface area contributed by atoms with Crippen LogP contribution in [0.1, 0.15) is 6.42 Å². The van der Waals surface area contributed by atoms with Gasteiger partial charge in [0, 0.05) is 0 Å². The molecule has 0 aliphatic carbocycles. The number of ketones is 1. The molecular formula is C5H5NO. The van der Waals surface area contributed by atoms with Crippen molar-refractivity contribution < 1.29 is 4.79 Å². The fourth-order valence-electron chi connectivity index (χ4n) is 0.150. The van der Waals surface area contributed by atoms with Crippen molar-refractivity contribution in [1.29, 1.82) is 5.26 Å². The van der Waals surface area contributed by atoms with Crippen LogP contribution >= 0.6 is 0 Å². The fraction of sp³-hybridized carbons (Fsp3) is 0.200. The van der Waals surface area contributed by atoms with E-state index in [0.717, 1.165) is 6.08 Å². The van der Waals surface area contributed by atoms with Crippen LogP contribution in [0.5, 0.6) is 0 Å². The fourth-order valence-corrected chi connectivity index (χ4v) is 0.150. The monoisotopic (exact) mass is 95.0 g/mol. The van der Waals surface area contributed by atoms with Crippen LogP contribution < -0.4 is 0 Å². The molecule has 7 heavy (non-hydrogen) atoms. The highest BCUT2D eigenvalue weighted by Gasteiger charge is 1.87. The van der Waals surface area contributed by atoms with Gasteiger partial charge < -0.3 is 0 Å². The highest BCUT2D eigenvalue weighted by atomic mass is 16.1. The second-order valence-corrected chi connectivity index (χ2v) is 1.01. The van der Waals surface area contributed by atoms with Crippen molar-refractivity contribution in [3.8, 4) is 6.07 Å². The number of allylic oxidation sites excluding steroid dienone is 1. The third-order valence-corrected chi connectivity index (χ3v) is 0.481. The molecule has 36 valence electrons. The van der Waals surface area contributed by atoms with Crippen molar-refractivity contribution in [2.75, 3.05) is 0 Å². The zero-order valence-corrected chi connectivity index (χ0v) is 3.85. The summed E-state index contributed by atoms with van der Waals surface area (Å²) < 4.78 is 0. The molecule has 0 aromatic carbocycles. The summed E-state index contributed by atoms with van der Waals surface area (Å²) in [6, 6.07) is 1.70. The Balaban J connectivity index is 3.42. The SMILES string of the molecule is C=CC(=O)CC#N. The molecule has 2 heteroatoms. The van der Waals surface area contributed by atoms with Crippen LogP contribution in [0.3, 0.4) is 0 Å². The molecule has 0 aromatic heterocycles. The minimum absolute atomic E-state index is 0.0521. The minimum atomic E-state index is -0.220. The first kappa shape index (κ1) is 5.90. The molecule has 0 aliphatic heterocycles. The molecule has 0 saturated heterocycles. The third-order valence-electron chi connectivity index (χ3n) is 0.481. The van der Waals surface area contributed by atoms with Crippen LogP contribution in [0.15, 0.2) is 12.7 Å². The van der Waals surface area contributed by atoms with Gasteiger partial charge in [0.25, 0.3) is 0 Å². The van der Waals surface area contributed by atoms with E-state index >= 15 is 0 Å².